The van der Waals surface area contributed by atoms with E-state index in [0.29, 0.717) is 17.4 Å². The molecule has 2 N–H and O–H groups in total. The van der Waals surface area contributed by atoms with E-state index in [1.807, 2.05) is 62.7 Å². The van der Waals surface area contributed by atoms with Gasteiger partial charge in [-0.25, -0.2) is 14.6 Å². The van der Waals surface area contributed by atoms with Crippen LogP contribution in [0.3, 0.4) is 0 Å². The van der Waals surface area contributed by atoms with Gasteiger partial charge in [0.1, 0.15) is 30.0 Å². The molecule has 2 aromatic heterocycles. The number of hydrogen-bond acceptors (Lipinski definition) is 5. The summed E-state index contributed by atoms with van der Waals surface area (Å²) in [5, 5.41) is 5.95. The second kappa shape index (κ2) is 8.05. The Hall–Kier alpha value is -2.96. The molecule has 4 aromatic rings. The zero-order valence-electron chi connectivity index (χ0n) is 17.5. The van der Waals surface area contributed by atoms with Crippen LogP contribution in [-0.4, -0.2) is 19.7 Å². The largest absolute Gasteiger partial charge is 0.487 e. The summed E-state index contributed by atoms with van der Waals surface area (Å²) in [7, 11) is 0. The number of halogens is 1. The lowest BCUT2D eigenvalue weighted by Gasteiger charge is -2.17. The molecule has 2 heterocycles. The number of nitrogens with two attached hydrogens (primary N) is 1. The van der Waals surface area contributed by atoms with E-state index in [2.05, 4.69) is 16.1 Å². The fraction of sp³-hybridized carbons (Fsp3) is 0.261. The fourth-order valence-electron chi connectivity index (χ4n) is 3.66. The minimum Gasteiger partial charge on any atom is -0.487 e. The van der Waals surface area contributed by atoms with E-state index < -0.39 is 0 Å². The maximum atomic E-state index is 6.53. The number of aromatic nitrogens is 4. The highest BCUT2D eigenvalue weighted by molar-refractivity contribution is 6.31. The summed E-state index contributed by atoms with van der Waals surface area (Å²) in [6.45, 7) is 8.14. The Bertz CT molecular complexity index is 1230. The van der Waals surface area contributed by atoms with Gasteiger partial charge in [-0.05, 0) is 57.0 Å². The minimum absolute atomic E-state index is 0.143. The Kier molecular flexibility index (Phi) is 5.45. The van der Waals surface area contributed by atoms with E-state index in [4.69, 9.17) is 27.1 Å². The maximum Gasteiger partial charge on any atom is 0.146 e. The molecule has 6 nitrogen and oxygen atoms in total. The van der Waals surface area contributed by atoms with Gasteiger partial charge in [-0.1, -0.05) is 29.8 Å². The lowest BCUT2D eigenvalue weighted by Crippen LogP contribution is -2.11. The lowest BCUT2D eigenvalue weighted by atomic mass is 10.00. The van der Waals surface area contributed by atoms with E-state index in [9.17, 15) is 0 Å². The number of hydrogen-bond donors (Lipinski definition) is 1. The van der Waals surface area contributed by atoms with Crippen LogP contribution in [0.1, 0.15) is 41.2 Å². The van der Waals surface area contributed by atoms with Crippen LogP contribution in [0.2, 0.25) is 5.02 Å². The fourth-order valence-corrected chi connectivity index (χ4v) is 4.00. The highest BCUT2D eigenvalue weighted by Gasteiger charge is 2.16. The van der Waals surface area contributed by atoms with Crippen molar-refractivity contribution in [1.82, 2.24) is 19.7 Å². The van der Waals surface area contributed by atoms with Crippen molar-refractivity contribution in [2.45, 2.75) is 40.3 Å². The number of aryl methyl sites for hydroxylation is 3. The lowest BCUT2D eigenvalue weighted by molar-refractivity contribution is 0.307. The summed E-state index contributed by atoms with van der Waals surface area (Å²) in [6.07, 6.45) is 1.55. The van der Waals surface area contributed by atoms with Gasteiger partial charge in [0.05, 0.1) is 5.69 Å². The van der Waals surface area contributed by atoms with Crippen molar-refractivity contribution < 1.29 is 4.74 Å². The second-order valence-electron chi connectivity index (χ2n) is 7.55. The predicted octanol–water partition coefficient (Wildman–Crippen LogP) is 4.99. The molecular formula is C23H24ClN5O. The predicted molar refractivity (Wildman–Crippen MR) is 119 cm³/mol. The maximum absolute atomic E-state index is 6.53. The minimum atomic E-state index is -0.143. The van der Waals surface area contributed by atoms with Crippen molar-refractivity contribution in [1.29, 1.82) is 0 Å². The van der Waals surface area contributed by atoms with Gasteiger partial charge in [0.15, 0.2) is 0 Å². The zero-order valence-corrected chi connectivity index (χ0v) is 18.2. The Morgan fingerprint density at radius 2 is 1.97 bits per heavy atom. The molecule has 0 aliphatic rings. The first-order valence-electron chi connectivity index (χ1n) is 9.80. The molecule has 0 unspecified atom stereocenters. The van der Waals surface area contributed by atoms with Crippen molar-refractivity contribution in [3.63, 3.8) is 0 Å². The SMILES string of the molecule is Cc1cc(Cl)c(COc2cccc3c(-n4ncnc4C)cc(C)nc23)c([C@H](C)N)c1. The Morgan fingerprint density at radius 1 is 1.17 bits per heavy atom. The number of nitrogens with zero attached hydrogens (tertiary/aromatic N) is 4. The molecular weight excluding hydrogens is 398 g/mol. The third-order valence-electron chi connectivity index (χ3n) is 5.09. The van der Waals surface area contributed by atoms with Gasteiger partial charge in [0.2, 0.25) is 0 Å². The zero-order chi connectivity index (χ0) is 21.4. The second-order valence-corrected chi connectivity index (χ2v) is 7.95. The topological polar surface area (TPSA) is 78.8 Å². The van der Waals surface area contributed by atoms with Crippen molar-refractivity contribution in [2.24, 2.45) is 5.73 Å². The molecule has 0 amide bonds. The molecule has 2 aromatic carbocycles. The van der Waals surface area contributed by atoms with Crippen LogP contribution in [0.4, 0.5) is 0 Å². The quantitative estimate of drug-likeness (QED) is 0.491. The normalized spacial score (nSPS) is 12.3. The Balaban J connectivity index is 1.77. The number of para-hydroxylation sites is 1. The van der Waals surface area contributed by atoms with Crippen LogP contribution in [-0.2, 0) is 6.61 Å². The number of fused-ring (bicyclic) bond motifs is 1. The molecule has 0 spiro atoms. The number of pyridine rings is 1. The molecule has 0 fully saturated rings. The number of benzene rings is 2. The monoisotopic (exact) mass is 421 g/mol. The van der Waals surface area contributed by atoms with Crippen LogP contribution < -0.4 is 10.5 Å². The first-order chi connectivity index (χ1) is 14.3. The molecule has 0 bridgehead atoms. The standard InChI is InChI=1S/C23H24ClN5O/c1-13-8-18(15(3)25)19(20(24)9-13)11-30-22-7-5-6-17-21(10-14(2)28-23(17)22)29-16(4)26-12-27-29/h5-10,12,15H,11,25H2,1-4H3/t15-/m0/s1. The van der Waals surface area contributed by atoms with E-state index in [1.54, 1.807) is 6.33 Å². The van der Waals surface area contributed by atoms with Gasteiger partial charge in [0, 0.05) is 27.7 Å². The third kappa shape index (κ3) is 3.76. The van der Waals surface area contributed by atoms with E-state index >= 15 is 0 Å². The Morgan fingerprint density at radius 3 is 2.67 bits per heavy atom. The van der Waals surface area contributed by atoms with Gasteiger partial charge in [-0.3, -0.25) is 0 Å². The van der Waals surface area contributed by atoms with Gasteiger partial charge in [-0.2, -0.15) is 5.10 Å². The summed E-state index contributed by atoms with van der Waals surface area (Å²) >= 11 is 6.53. The number of ether oxygens (including phenoxy) is 1. The average molecular weight is 422 g/mol. The average Bonchev–Trinajstić information content (AvgIpc) is 3.12. The van der Waals surface area contributed by atoms with Gasteiger partial charge in [-0.15, -0.1) is 0 Å². The van der Waals surface area contributed by atoms with Crippen molar-refractivity contribution in [2.75, 3.05) is 0 Å². The first-order valence-corrected chi connectivity index (χ1v) is 10.2. The number of rotatable bonds is 5. The van der Waals surface area contributed by atoms with Gasteiger partial charge < -0.3 is 10.5 Å². The summed E-state index contributed by atoms with van der Waals surface area (Å²) in [6, 6.07) is 11.7. The van der Waals surface area contributed by atoms with Gasteiger partial charge >= 0.3 is 0 Å². The van der Waals surface area contributed by atoms with E-state index in [0.717, 1.165) is 44.8 Å². The van der Waals surface area contributed by atoms with Crippen LogP contribution in [0.15, 0.2) is 42.7 Å². The van der Waals surface area contributed by atoms with Crippen LogP contribution in [0.5, 0.6) is 5.75 Å². The van der Waals surface area contributed by atoms with Crippen molar-refractivity contribution >= 4 is 22.5 Å². The summed E-state index contributed by atoms with van der Waals surface area (Å²) in [5.74, 6) is 1.49. The molecule has 30 heavy (non-hydrogen) atoms. The Labute approximate surface area is 180 Å². The van der Waals surface area contributed by atoms with Gasteiger partial charge in [0.25, 0.3) is 0 Å². The molecule has 0 aliphatic carbocycles. The summed E-state index contributed by atoms with van der Waals surface area (Å²) < 4.78 is 8.04. The molecule has 1 atom stereocenters. The molecule has 0 saturated carbocycles. The van der Waals surface area contributed by atoms with Crippen LogP contribution >= 0.6 is 11.6 Å². The molecule has 0 radical (unpaired) electrons. The summed E-state index contributed by atoms with van der Waals surface area (Å²) in [5.41, 5.74) is 11.7. The van der Waals surface area contributed by atoms with E-state index in [1.165, 1.54) is 0 Å². The van der Waals surface area contributed by atoms with E-state index in [-0.39, 0.29) is 6.04 Å². The molecule has 4 rings (SSSR count). The highest BCUT2D eigenvalue weighted by atomic mass is 35.5. The molecule has 0 saturated heterocycles. The summed E-state index contributed by atoms with van der Waals surface area (Å²) in [4.78, 5) is 8.98. The van der Waals surface area contributed by atoms with Crippen molar-refractivity contribution in [3.05, 3.63) is 76.0 Å². The molecule has 0 aliphatic heterocycles. The molecule has 7 heteroatoms. The first kappa shape index (κ1) is 20.3. The van der Waals surface area contributed by atoms with Crippen molar-refractivity contribution in [3.8, 4) is 11.4 Å². The third-order valence-corrected chi connectivity index (χ3v) is 5.43. The molecule has 154 valence electrons. The van der Waals surface area contributed by atoms with Crippen LogP contribution in [0.25, 0.3) is 16.6 Å². The smallest absolute Gasteiger partial charge is 0.146 e. The van der Waals surface area contributed by atoms with Crippen LogP contribution in [0, 0.1) is 20.8 Å². The highest BCUT2D eigenvalue weighted by Crippen LogP contribution is 2.32.